The highest BCUT2D eigenvalue weighted by atomic mass is 16.3. The summed E-state index contributed by atoms with van der Waals surface area (Å²) in [7, 11) is 0. The minimum atomic E-state index is 0.183. The monoisotopic (exact) mass is 309 g/mol. The lowest BCUT2D eigenvalue weighted by molar-refractivity contribution is 0.0949. The average Bonchev–Trinajstić information content (AvgIpc) is 3.22. The summed E-state index contributed by atoms with van der Waals surface area (Å²) in [6.45, 7) is 0. The Morgan fingerprint density at radius 1 is 1.26 bits per heavy atom. The maximum Gasteiger partial charge on any atom is 0.166 e. The Kier molecular flexibility index (Phi) is 3.69. The summed E-state index contributed by atoms with van der Waals surface area (Å²) >= 11 is 0. The van der Waals surface area contributed by atoms with Gasteiger partial charge in [0.15, 0.2) is 17.2 Å². The molecule has 3 aromatic heterocycles. The molecule has 0 bridgehead atoms. The molecule has 1 saturated carbocycles. The van der Waals surface area contributed by atoms with Crippen molar-refractivity contribution < 1.29 is 9.21 Å². The van der Waals surface area contributed by atoms with Gasteiger partial charge in [0.05, 0.1) is 18.0 Å². The standard InChI is InChI=1S/C18H19N3O2/c22-16(8-13-4-2-1-3-5-13)14-9-17(23-12-14)15-10-20-18-11-19-6-7-21(15)18/h6-7,9-13H,1-5,8H2. The van der Waals surface area contributed by atoms with E-state index in [0.29, 0.717) is 23.7 Å². The number of aromatic nitrogens is 3. The van der Waals surface area contributed by atoms with E-state index in [4.69, 9.17) is 4.42 Å². The van der Waals surface area contributed by atoms with Crippen LogP contribution in [0.1, 0.15) is 48.9 Å². The lowest BCUT2D eigenvalue weighted by Gasteiger charge is -2.20. The van der Waals surface area contributed by atoms with Gasteiger partial charge in [-0.25, -0.2) is 4.98 Å². The van der Waals surface area contributed by atoms with E-state index in [-0.39, 0.29) is 5.78 Å². The van der Waals surface area contributed by atoms with E-state index < -0.39 is 0 Å². The zero-order valence-corrected chi connectivity index (χ0v) is 12.9. The summed E-state index contributed by atoms with van der Waals surface area (Å²) in [5.74, 6) is 1.38. The van der Waals surface area contributed by atoms with Crippen LogP contribution in [-0.4, -0.2) is 20.2 Å². The number of Topliss-reactive ketones (excluding diaryl/α,β-unsaturated/α-hetero) is 1. The van der Waals surface area contributed by atoms with E-state index in [9.17, 15) is 4.79 Å². The van der Waals surface area contributed by atoms with Crippen LogP contribution in [0.3, 0.4) is 0 Å². The van der Waals surface area contributed by atoms with E-state index in [2.05, 4.69) is 9.97 Å². The third kappa shape index (κ3) is 2.79. The van der Waals surface area contributed by atoms with Crippen molar-refractivity contribution in [1.82, 2.24) is 14.4 Å². The highest BCUT2D eigenvalue weighted by molar-refractivity contribution is 5.96. The molecular formula is C18H19N3O2. The number of furan rings is 1. The quantitative estimate of drug-likeness (QED) is 0.679. The van der Waals surface area contributed by atoms with Crippen molar-refractivity contribution in [1.29, 1.82) is 0 Å². The predicted octanol–water partition coefficient (Wildman–Crippen LogP) is 4.14. The molecule has 1 fully saturated rings. The van der Waals surface area contributed by atoms with Crippen LogP contribution in [-0.2, 0) is 0 Å². The van der Waals surface area contributed by atoms with Crippen LogP contribution in [0.5, 0.6) is 0 Å². The summed E-state index contributed by atoms with van der Waals surface area (Å²) < 4.78 is 7.53. The summed E-state index contributed by atoms with van der Waals surface area (Å²) in [6.07, 6.45) is 15.4. The van der Waals surface area contributed by atoms with Gasteiger partial charge in [0.1, 0.15) is 12.0 Å². The van der Waals surface area contributed by atoms with Gasteiger partial charge in [0, 0.05) is 18.8 Å². The van der Waals surface area contributed by atoms with Gasteiger partial charge < -0.3 is 4.42 Å². The molecule has 4 rings (SSSR count). The smallest absolute Gasteiger partial charge is 0.166 e. The molecule has 0 spiro atoms. The molecule has 23 heavy (non-hydrogen) atoms. The third-order valence-electron chi connectivity index (χ3n) is 4.69. The highest BCUT2D eigenvalue weighted by Gasteiger charge is 2.20. The number of carbonyl (C=O) groups is 1. The average molecular weight is 309 g/mol. The highest BCUT2D eigenvalue weighted by Crippen LogP contribution is 2.29. The van der Waals surface area contributed by atoms with Gasteiger partial charge in [-0.15, -0.1) is 0 Å². The SMILES string of the molecule is O=C(CC1CCCCC1)c1coc(-c2cnc3cnccn23)c1. The molecular weight excluding hydrogens is 290 g/mol. The second-order valence-corrected chi connectivity index (χ2v) is 6.28. The predicted molar refractivity (Wildman–Crippen MR) is 86.2 cm³/mol. The lowest BCUT2D eigenvalue weighted by atomic mass is 9.85. The molecule has 0 amide bonds. The molecule has 0 aliphatic heterocycles. The normalized spacial score (nSPS) is 16.0. The molecule has 0 unspecified atom stereocenters. The molecule has 5 heteroatoms. The van der Waals surface area contributed by atoms with Gasteiger partial charge in [-0.05, 0) is 12.0 Å². The minimum absolute atomic E-state index is 0.183. The van der Waals surface area contributed by atoms with Crippen LogP contribution in [0.4, 0.5) is 0 Å². The van der Waals surface area contributed by atoms with Gasteiger partial charge in [0.2, 0.25) is 0 Å². The first-order valence-corrected chi connectivity index (χ1v) is 8.20. The molecule has 0 aromatic carbocycles. The first-order chi connectivity index (χ1) is 11.3. The number of fused-ring (bicyclic) bond motifs is 1. The van der Waals surface area contributed by atoms with Crippen LogP contribution < -0.4 is 0 Å². The van der Waals surface area contributed by atoms with Crippen molar-refractivity contribution in [3.8, 4) is 11.5 Å². The van der Waals surface area contributed by atoms with Crippen LogP contribution in [0.2, 0.25) is 0 Å². The van der Waals surface area contributed by atoms with E-state index in [1.165, 1.54) is 32.1 Å². The van der Waals surface area contributed by atoms with Crippen LogP contribution in [0.25, 0.3) is 17.1 Å². The molecule has 3 heterocycles. The van der Waals surface area contributed by atoms with Crippen molar-refractivity contribution in [2.24, 2.45) is 5.92 Å². The zero-order valence-electron chi connectivity index (χ0n) is 12.9. The molecule has 0 saturated heterocycles. The van der Waals surface area contributed by atoms with E-state index in [1.807, 2.05) is 16.7 Å². The van der Waals surface area contributed by atoms with Crippen LogP contribution in [0, 0.1) is 5.92 Å². The maximum absolute atomic E-state index is 12.5. The second-order valence-electron chi connectivity index (χ2n) is 6.28. The minimum Gasteiger partial charge on any atom is -0.462 e. The van der Waals surface area contributed by atoms with Gasteiger partial charge in [-0.3, -0.25) is 14.2 Å². The number of ketones is 1. The number of hydrogen-bond acceptors (Lipinski definition) is 4. The fraction of sp³-hybridized carbons (Fsp3) is 0.389. The first-order valence-electron chi connectivity index (χ1n) is 8.20. The van der Waals surface area contributed by atoms with Gasteiger partial charge in [-0.1, -0.05) is 32.1 Å². The summed E-state index contributed by atoms with van der Waals surface area (Å²) in [6, 6.07) is 1.83. The number of carbonyl (C=O) groups excluding carboxylic acids is 1. The Bertz CT molecular complexity index is 828. The summed E-state index contributed by atoms with van der Waals surface area (Å²) in [5, 5.41) is 0. The largest absolute Gasteiger partial charge is 0.462 e. The van der Waals surface area contributed by atoms with Crippen molar-refractivity contribution >= 4 is 11.4 Å². The van der Waals surface area contributed by atoms with Crippen LogP contribution in [0.15, 0.2) is 41.5 Å². The third-order valence-corrected chi connectivity index (χ3v) is 4.69. The van der Waals surface area contributed by atoms with Crippen molar-refractivity contribution in [2.75, 3.05) is 0 Å². The van der Waals surface area contributed by atoms with E-state index in [1.54, 1.807) is 24.9 Å². The topological polar surface area (TPSA) is 60.4 Å². The Labute approximate surface area is 134 Å². The molecule has 1 aliphatic carbocycles. The van der Waals surface area contributed by atoms with E-state index in [0.717, 1.165) is 11.3 Å². The van der Waals surface area contributed by atoms with Gasteiger partial charge in [-0.2, -0.15) is 0 Å². The van der Waals surface area contributed by atoms with Crippen LogP contribution >= 0.6 is 0 Å². The Morgan fingerprint density at radius 3 is 3.00 bits per heavy atom. The number of hydrogen-bond donors (Lipinski definition) is 0. The molecule has 5 nitrogen and oxygen atoms in total. The van der Waals surface area contributed by atoms with E-state index >= 15 is 0 Å². The molecule has 3 aromatic rings. The maximum atomic E-state index is 12.5. The molecule has 1 aliphatic rings. The molecule has 0 N–H and O–H groups in total. The number of nitrogens with zero attached hydrogens (tertiary/aromatic N) is 3. The first kappa shape index (κ1) is 14.2. The summed E-state index contributed by atoms with van der Waals surface area (Å²) in [5.41, 5.74) is 2.25. The number of imidazole rings is 1. The Hall–Kier alpha value is -2.43. The fourth-order valence-corrected chi connectivity index (χ4v) is 3.41. The second kappa shape index (κ2) is 5.99. The van der Waals surface area contributed by atoms with Gasteiger partial charge >= 0.3 is 0 Å². The fourth-order valence-electron chi connectivity index (χ4n) is 3.41. The van der Waals surface area contributed by atoms with Gasteiger partial charge in [0.25, 0.3) is 0 Å². The molecule has 0 atom stereocenters. The molecule has 0 radical (unpaired) electrons. The zero-order chi connectivity index (χ0) is 15.6. The Balaban J connectivity index is 1.55. The lowest BCUT2D eigenvalue weighted by Crippen LogP contribution is -2.11. The van der Waals surface area contributed by atoms with Crippen molar-refractivity contribution in [2.45, 2.75) is 38.5 Å². The summed E-state index contributed by atoms with van der Waals surface area (Å²) in [4.78, 5) is 20.8. The Morgan fingerprint density at radius 2 is 2.13 bits per heavy atom. The number of rotatable bonds is 4. The van der Waals surface area contributed by atoms with Crippen molar-refractivity contribution in [3.05, 3.63) is 42.7 Å². The molecule has 118 valence electrons. The van der Waals surface area contributed by atoms with Crippen molar-refractivity contribution in [3.63, 3.8) is 0 Å².